The first-order valence-electron chi connectivity index (χ1n) is 9.52. The highest BCUT2D eigenvalue weighted by Gasteiger charge is 2.37. The Bertz CT molecular complexity index is 911. The maximum Gasteiger partial charge on any atom is 0.351 e. The maximum atomic E-state index is 12.7. The monoisotopic (exact) mass is 394 g/mol. The summed E-state index contributed by atoms with van der Waals surface area (Å²) >= 11 is 0. The van der Waals surface area contributed by atoms with Crippen LogP contribution >= 0.6 is 0 Å². The second-order valence-corrected chi connectivity index (χ2v) is 7.03. The molecule has 0 aromatic heterocycles. The Morgan fingerprint density at radius 1 is 1.10 bits per heavy atom. The van der Waals surface area contributed by atoms with Gasteiger partial charge in [0.2, 0.25) is 11.8 Å². The lowest BCUT2D eigenvalue weighted by molar-refractivity contribution is -0.138. The van der Waals surface area contributed by atoms with Crippen molar-refractivity contribution in [3.8, 4) is 5.75 Å². The molecule has 0 radical (unpaired) electrons. The van der Waals surface area contributed by atoms with Gasteiger partial charge in [-0.25, -0.2) is 4.79 Å². The zero-order chi connectivity index (χ0) is 20.4. The maximum absolute atomic E-state index is 12.7. The molecule has 0 saturated carbocycles. The topological polar surface area (TPSA) is 82.5 Å². The fraction of sp³-hybridized carbons (Fsp3) is 0.333. The molecule has 8 heteroatoms. The molecule has 2 aliphatic heterocycles. The number of allylic oxidation sites excluding steroid dienone is 3. The summed E-state index contributed by atoms with van der Waals surface area (Å²) in [6.07, 6.45) is 6.82. The number of hydrogen-bond donors (Lipinski definition) is 0. The Kier molecular flexibility index (Phi) is 5.16. The molecule has 1 atom stereocenters. The number of anilines is 1. The first-order valence-corrected chi connectivity index (χ1v) is 9.52. The molecule has 0 N–H and O–H groups in total. The molecule has 1 aromatic rings. The molecule has 1 saturated heterocycles. The van der Waals surface area contributed by atoms with Crippen LogP contribution < -0.4 is 9.64 Å². The number of aliphatic imine (C=N–C) groups is 1. The number of carbonyl (C=O) groups is 3. The zero-order valence-corrected chi connectivity index (χ0v) is 16.2. The van der Waals surface area contributed by atoms with Crippen molar-refractivity contribution in [1.29, 1.82) is 0 Å². The van der Waals surface area contributed by atoms with Crippen LogP contribution in [0.5, 0.6) is 5.75 Å². The predicted molar refractivity (Wildman–Crippen MR) is 108 cm³/mol. The molecule has 150 valence electrons. The number of methoxy groups -OCH3 is 1. The Morgan fingerprint density at radius 3 is 2.52 bits per heavy atom. The van der Waals surface area contributed by atoms with Gasteiger partial charge in [-0.1, -0.05) is 18.2 Å². The number of hydrogen-bond acceptors (Lipinski definition) is 5. The summed E-state index contributed by atoms with van der Waals surface area (Å²) in [5.74, 6) is -0.425. The van der Waals surface area contributed by atoms with E-state index < -0.39 is 17.9 Å². The van der Waals surface area contributed by atoms with Gasteiger partial charge in [0.1, 0.15) is 12.3 Å². The lowest BCUT2D eigenvalue weighted by Crippen LogP contribution is -2.54. The van der Waals surface area contributed by atoms with Crippen LogP contribution in [0.3, 0.4) is 0 Å². The quantitative estimate of drug-likeness (QED) is 0.773. The third kappa shape index (κ3) is 3.78. The summed E-state index contributed by atoms with van der Waals surface area (Å²) in [5, 5.41) is 0. The van der Waals surface area contributed by atoms with Crippen LogP contribution in [-0.4, -0.2) is 73.2 Å². The summed E-state index contributed by atoms with van der Waals surface area (Å²) in [4.78, 5) is 46.4. The van der Waals surface area contributed by atoms with Gasteiger partial charge in [0.05, 0.1) is 18.7 Å². The van der Waals surface area contributed by atoms with E-state index in [1.165, 1.54) is 0 Å². The van der Waals surface area contributed by atoms with Crippen molar-refractivity contribution < 1.29 is 19.1 Å². The van der Waals surface area contributed by atoms with E-state index in [0.29, 0.717) is 31.9 Å². The molecule has 2 heterocycles. The highest BCUT2D eigenvalue weighted by molar-refractivity contribution is 6.22. The van der Waals surface area contributed by atoms with Crippen LogP contribution in [0.25, 0.3) is 0 Å². The van der Waals surface area contributed by atoms with Gasteiger partial charge < -0.3 is 14.5 Å². The average molecular weight is 394 g/mol. The van der Waals surface area contributed by atoms with Crippen LogP contribution in [0.15, 0.2) is 53.6 Å². The van der Waals surface area contributed by atoms with Crippen molar-refractivity contribution in [2.75, 3.05) is 44.7 Å². The van der Waals surface area contributed by atoms with Crippen molar-refractivity contribution in [3.63, 3.8) is 0 Å². The molecule has 1 unspecified atom stereocenters. The van der Waals surface area contributed by atoms with Crippen LogP contribution in [0.1, 0.15) is 0 Å². The van der Waals surface area contributed by atoms with Gasteiger partial charge >= 0.3 is 6.03 Å². The van der Waals surface area contributed by atoms with Crippen molar-refractivity contribution >= 4 is 29.2 Å². The SMILES string of the molecule is COc1ccc(N2CCN(C(=O)CN3C(=O)N=C4C=CC=CC4C3=O)CC2)cc1. The first kappa shape index (κ1) is 18.9. The number of nitrogens with zero attached hydrogens (tertiary/aromatic N) is 4. The fourth-order valence-corrected chi connectivity index (χ4v) is 3.67. The van der Waals surface area contributed by atoms with Gasteiger partial charge in [-0.05, 0) is 30.3 Å². The summed E-state index contributed by atoms with van der Waals surface area (Å²) < 4.78 is 5.18. The second-order valence-electron chi connectivity index (χ2n) is 7.03. The minimum absolute atomic E-state index is 0.241. The smallest absolute Gasteiger partial charge is 0.351 e. The van der Waals surface area contributed by atoms with E-state index in [4.69, 9.17) is 4.74 Å². The minimum atomic E-state index is -0.675. The standard InChI is InChI=1S/C21H22N4O4/c1-29-16-8-6-15(7-9-16)23-10-12-24(13-11-23)19(26)14-25-20(27)17-4-2-3-5-18(17)22-21(25)28/h2-9,17H,10-14H2,1H3. The van der Waals surface area contributed by atoms with Gasteiger partial charge in [-0.2, -0.15) is 4.99 Å². The van der Waals surface area contributed by atoms with Crippen molar-refractivity contribution in [1.82, 2.24) is 9.80 Å². The second kappa shape index (κ2) is 7.90. The Hall–Kier alpha value is -3.42. The highest BCUT2D eigenvalue weighted by atomic mass is 16.5. The summed E-state index contributed by atoms with van der Waals surface area (Å²) in [6, 6.07) is 7.12. The molecular formula is C21H22N4O4. The molecule has 1 aromatic carbocycles. The molecule has 29 heavy (non-hydrogen) atoms. The molecule has 1 fully saturated rings. The summed E-state index contributed by atoms with van der Waals surface area (Å²) in [7, 11) is 1.63. The molecule has 4 rings (SSSR count). The number of amides is 4. The Morgan fingerprint density at radius 2 is 1.83 bits per heavy atom. The van der Waals surface area contributed by atoms with E-state index in [9.17, 15) is 14.4 Å². The van der Waals surface area contributed by atoms with Crippen molar-refractivity contribution in [2.45, 2.75) is 0 Å². The molecule has 8 nitrogen and oxygen atoms in total. The predicted octanol–water partition coefficient (Wildman–Crippen LogP) is 1.49. The molecule has 4 amide bonds. The minimum Gasteiger partial charge on any atom is -0.497 e. The highest BCUT2D eigenvalue weighted by Crippen LogP contribution is 2.22. The molecule has 0 spiro atoms. The van der Waals surface area contributed by atoms with Gasteiger partial charge in [0.15, 0.2) is 0 Å². The lowest BCUT2D eigenvalue weighted by Gasteiger charge is -2.37. The molecular weight excluding hydrogens is 372 g/mol. The van der Waals surface area contributed by atoms with E-state index in [-0.39, 0.29) is 12.5 Å². The Balaban J connectivity index is 1.36. The van der Waals surface area contributed by atoms with Gasteiger partial charge in [0, 0.05) is 31.9 Å². The molecule has 0 bridgehead atoms. The normalized spacial score (nSPS) is 21.2. The number of rotatable bonds is 4. The number of ether oxygens (including phenoxy) is 1. The van der Waals surface area contributed by atoms with Gasteiger partial charge in [-0.15, -0.1) is 0 Å². The van der Waals surface area contributed by atoms with E-state index in [2.05, 4.69) is 9.89 Å². The van der Waals surface area contributed by atoms with Crippen LogP contribution in [0, 0.1) is 5.92 Å². The third-order valence-electron chi connectivity index (χ3n) is 5.35. The van der Waals surface area contributed by atoms with E-state index >= 15 is 0 Å². The largest absolute Gasteiger partial charge is 0.497 e. The summed E-state index contributed by atoms with van der Waals surface area (Å²) in [6.45, 7) is 2.14. The third-order valence-corrected chi connectivity index (χ3v) is 5.35. The number of imide groups is 1. The zero-order valence-electron chi connectivity index (χ0n) is 16.2. The van der Waals surface area contributed by atoms with E-state index in [1.807, 2.05) is 24.3 Å². The number of benzene rings is 1. The van der Waals surface area contributed by atoms with Crippen LogP contribution in [0.2, 0.25) is 0 Å². The number of fused-ring (bicyclic) bond motifs is 1. The van der Waals surface area contributed by atoms with Crippen LogP contribution in [-0.2, 0) is 9.59 Å². The lowest BCUT2D eigenvalue weighted by atomic mass is 9.95. The number of piperazine rings is 1. The molecule has 3 aliphatic rings. The van der Waals surface area contributed by atoms with E-state index in [1.54, 1.807) is 36.3 Å². The Labute approximate surface area is 168 Å². The van der Waals surface area contributed by atoms with Gasteiger partial charge in [-0.3, -0.25) is 14.5 Å². The first-order chi connectivity index (χ1) is 14.1. The van der Waals surface area contributed by atoms with Crippen molar-refractivity contribution in [3.05, 3.63) is 48.6 Å². The molecule has 1 aliphatic carbocycles. The fourth-order valence-electron chi connectivity index (χ4n) is 3.67. The van der Waals surface area contributed by atoms with Crippen molar-refractivity contribution in [2.24, 2.45) is 10.9 Å². The average Bonchev–Trinajstić information content (AvgIpc) is 2.76. The number of urea groups is 1. The van der Waals surface area contributed by atoms with E-state index in [0.717, 1.165) is 16.3 Å². The number of carbonyl (C=O) groups excluding carboxylic acids is 3. The summed E-state index contributed by atoms with van der Waals surface area (Å²) in [5.41, 5.74) is 1.50. The van der Waals surface area contributed by atoms with Crippen LogP contribution in [0.4, 0.5) is 10.5 Å². The van der Waals surface area contributed by atoms with Gasteiger partial charge in [0.25, 0.3) is 0 Å².